The van der Waals surface area contributed by atoms with Crippen molar-refractivity contribution in [1.29, 1.82) is 0 Å². The average Bonchev–Trinajstić information content (AvgIpc) is 3.04. The van der Waals surface area contributed by atoms with Crippen molar-refractivity contribution in [3.05, 3.63) is 0 Å². The predicted molar refractivity (Wildman–Crippen MR) is 65.9 cm³/mol. The zero-order valence-corrected chi connectivity index (χ0v) is 10.8. The highest BCUT2D eigenvalue weighted by molar-refractivity contribution is 7.99. The summed E-state index contributed by atoms with van der Waals surface area (Å²) in [5.41, 5.74) is 0. The lowest BCUT2D eigenvalue weighted by atomic mass is 10.2. The van der Waals surface area contributed by atoms with Crippen LogP contribution in [0.25, 0.3) is 0 Å². The first-order chi connectivity index (χ1) is 8.09. The maximum atomic E-state index is 10.8. The van der Waals surface area contributed by atoms with E-state index in [1.807, 2.05) is 0 Å². The largest absolute Gasteiger partial charge is 0.480 e. The van der Waals surface area contributed by atoms with Crippen LogP contribution >= 0.6 is 11.8 Å². The molecule has 1 unspecified atom stereocenters. The fourth-order valence-corrected chi connectivity index (χ4v) is 2.06. The summed E-state index contributed by atoms with van der Waals surface area (Å²) in [5.74, 6) is 0.721. The fourth-order valence-electron chi connectivity index (χ4n) is 1.32. The van der Waals surface area contributed by atoms with E-state index in [2.05, 4.69) is 5.32 Å². The molecule has 0 heterocycles. The third kappa shape index (κ3) is 7.23. The van der Waals surface area contributed by atoms with Gasteiger partial charge in [0.05, 0.1) is 12.5 Å². The van der Waals surface area contributed by atoms with Crippen LogP contribution in [0.15, 0.2) is 0 Å². The molecule has 1 aliphatic carbocycles. The first-order valence-electron chi connectivity index (χ1n) is 5.75. The molecule has 0 spiro atoms. The van der Waals surface area contributed by atoms with E-state index in [0.29, 0.717) is 18.1 Å². The number of aliphatic carboxylic acids is 1. The van der Waals surface area contributed by atoms with Gasteiger partial charge in [-0.3, -0.25) is 4.79 Å². The number of carbonyl (C=O) groups excluding carboxylic acids is 1. The van der Waals surface area contributed by atoms with Gasteiger partial charge in [-0.1, -0.05) is 0 Å². The molecule has 5 nitrogen and oxygen atoms in total. The number of carboxylic acids is 1. The van der Waals surface area contributed by atoms with E-state index in [4.69, 9.17) is 9.84 Å². The Morgan fingerprint density at radius 1 is 1.53 bits per heavy atom. The van der Waals surface area contributed by atoms with E-state index >= 15 is 0 Å². The van der Waals surface area contributed by atoms with E-state index < -0.39 is 12.0 Å². The fraction of sp³-hybridized carbons (Fsp3) is 0.818. The number of hydrogen-bond donors (Lipinski definition) is 2. The van der Waals surface area contributed by atoms with Gasteiger partial charge in [0.25, 0.3) is 0 Å². The molecule has 1 saturated carbocycles. The molecular weight excluding hydrogens is 242 g/mol. The Morgan fingerprint density at radius 3 is 2.76 bits per heavy atom. The zero-order valence-electron chi connectivity index (χ0n) is 9.98. The molecule has 0 aliphatic heterocycles. The highest BCUT2D eigenvalue weighted by atomic mass is 32.2. The second-order valence-electron chi connectivity index (χ2n) is 4.22. The predicted octanol–water partition coefficient (Wildman–Crippen LogP) is 1.08. The van der Waals surface area contributed by atoms with Gasteiger partial charge in [0, 0.05) is 6.92 Å². The summed E-state index contributed by atoms with van der Waals surface area (Å²) in [5, 5.41) is 11.3. The first-order valence-corrected chi connectivity index (χ1v) is 6.90. The average molecular weight is 261 g/mol. The highest BCUT2D eigenvalue weighted by Crippen LogP contribution is 2.29. The van der Waals surface area contributed by atoms with Crippen molar-refractivity contribution < 1.29 is 19.4 Å². The number of nitrogens with one attached hydrogen (secondary N) is 1. The zero-order chi connectivity index (χ0) is 12.7. The lowest BCUT2D eigenvalue weighted by Crippen LogP contribution is -2.39. The van der Waals surface area contributed by atoms with Crippen LogP contribution in [-0.4, -0.2) is 41.3 Å². The van der Waals surface area contributed by atoms with Crippen LogP contribution in [0.2, 0.25) is 0 Å². The lowest BCUT2D eigenvalue weighted by molar-refractivity contribution is -0.141. The SMILES string of the molecule is CC(=O)NC(CCSCOCC1CC1)C(=O)O. The summed E-state index contributed by atoms with van der Waals surface area (Å²) >= 11 is 1.56. The molecule has 6 heteroatoms. The second kappa shape index (κ2) is 7.55. The van der Waals surface area contributed by atoms with Crippen molar-refractivity contribution >= 4 is 23.6 Å². The molecule has 0 aromatic heterocycles. The van der Waals surface area contributed by atoms with Gasteiger partial charge in [-0.05, 0) is 30.9 Å². The van der Waals surface area contributed by atoms with Crippen LogP contribution in [0.1, 0.15) is 26.2 Å². The summed E-state index contributed by atoms with van der Waals surface area (Å²) in [6.07, 6.45) is 2.97. The molecular formula is C11H19NO4S. The quantitative estimate of drug-likeness (QED) is 0.480. The smallest absolute Gasteiger partial charge is 0.326 e. The number of thioether (sulfide) groups is 1. The minimum absolute atomic E-state index is 0.313. The summed E-state index contributed by atoms with van der Waals surface area (Å²) in [7, 11) is 0. The molecule has 98 valence electrons. The molecule has 17 heavy (non-hydrogen) atoms. The lowest BCUT2D eigenvalue weighted by Gasteiger charge is -2.12. The summed E-state index contributed by atoms with van der Waals surface area (Å²) in [4.78, 5) is 21.6. The van der Waals surface area contributed by atoms with Crippen molar-refractivity contribution in [2.45, 2.75) is 32.2 Å². The van der Waals surface area contributed by atoms with E-state index in [9.17, 15) is 9.59 Å². The molecule has 1 amide bonds. The monoisotopic (exact) mass is 261 g/mol. The summed E-state index contributed by atoms with van der Waals surface area (Å²) in [6, 6.07) is -0.788. The number of ether oxygens (including phenoxy) is 1. The van der Waals surface area contributed by atoms with Crippen LogP contribution < -0.4 is 5.32 Å². The van der Waals surface area contributed by atoms with Gasteiger partial charge in [-0.25, -0.2) is 4.79 Å². The maximum absolute atomic E-state index is 10.8. The van der Waals surface area contributed by atoms with Crippen molar-refractivity contribution in [2.75, 3.05) is 18.3 Å². The minimum Gasteiger partial charge on any atom is -0.480 e. The number of carbonyl (C=O) groups is 2. The molecule has 1 fully saturated rings. The van der Waals surface area contributed by atoms with Gasteiger partial charge in [-0.15, -0.1) is 11.8 Å². The number of carboxylic acid groups (broad SMARTS) is 1. The van der Waals surface area contributed by atoms with Crippen LogP contribution in [0.3, 0.4) is 0 Å². The van der Waals surface area contributed by atoms with Crippen LogP contribution in [0, 0.1) is 5.92 Å². The van der Waals surface area contributed by atoms with E-state index in [1.165, 1.54) is 19.8 Å². The number of hydrogen-bond acceptors (Lipinski definition) is 4. The minimum atomic E-state index is -0.986. The second-order valence-corrected chi connectivity index (χ2v) is 5.27. The van der Waals surface area contributed by atoms with Crippen molar-refractivity contribution in [3.8, 4) is 0 Å². The van der Waals surface area contributed by atoms with Crippen molar-refractivity contribution in [1.82, 2.24) is 5.32 Å². The Balaban J connectivity index is 2.00. The Kier molecular flexibility index (Phi) is 6.36. The van der Waals surface area contributed by atoms with Gasteiger partial charge in [0.15, 0.2) is 0 Å². The van der Waals surface area contributed by atoms with Gasteiger partial charge < -0.3 is 15.2 Å². The Labute approximate surface area is 105 Å². The van der Waals surface area contributed by atoms with Gasteiger partial charge in [0.2, 0.25) is 5.91 Å². The topological polar surface area (TPSA) is 75.6 Å². The Hall–Kier alpha value is -0.750. The molecule has 0 radical (unpaired) electrons. The molecule has 0 aromatic carbocycles. The Morgan fingerprint density at radius 2 is 2.24 bits per heavy atom. The van der Waals surface area contributed by atoms with Crippen LogP contribution in [-0.2, 0) is 14.3 Å². The van der Waals surface area contributed by atoms with Gasteiger partial charge in [-0.2, -0.15) is 0 Å². The molecule has 1 atom stereocenters. The molecule has 2 N–H and O–H groups in total. The summed E-state index contributed by atoms with van der Waals surface area (Å²) in [6.45, 7) is 2.14. The third-order valence-corrected chi connectivity index (χ3v) is 3.30. The normalized spacial score (nSPS) is 16.5. The number of rotatable bonds is 9. The first kappa shape index (κ1) is 14.3. The van der Waals surface area contributed by atoms with Gasteiger partial charge in [0.1, 0.15) is 6.04 Å². The standard InChI is InChI=1S/C11H19NO4S/c1-8(13)12-10(11(14)15)4-5-17-7-16-6-9-2-3-9/h9-10H,2-7H2,1H3,(H,12,13)(H,14,15). The molecule has 0 aromatic rings. The molecule has 1 rings (SSSR count). The van der Waals surface area contributed by atoms with Crippen LogP contribution in [0.4, 0.5) is 0 Å². The third-order valence-electron chi connectivity index (χ3n) is 2.44. The van der Waals surface area contributed by atoms with Crippen molar-refractivity contribution in [3.63, 3.8) is 0 Å². The van der Waals surface area contributed by atoms with E-state index in [0.717, 1.165) is 12.5 Å². The summed E-state index contributed by atoms with van der Waals surface area (Å²) < 4.78 is 5.41. The maximum Gasteiger partial charge on any atom is 0.326 e. The molecule has 1 aliphatic rings. The van der Waals surface area contributed by atoms with Gasteiger partial charge >= 0.3 is 5.97 Å². The molecule has 0 saturated heterocycles. The Bertz CT molecular complexity index is 268. The van der Waals surface area contributed by atoms with E-state index in [-0.39, 0.29) is 5.91 Å². The van der Waals surface area contributed by atoms with E-state index in [1.54, 1.807) is 11.8 Å². The number of amides is 1. The van der Waals surface area contributed by atoms with Crippen LogP contribution in [0.5, 0.6) is 0 Å². The van der Waals surface area contributed by atoms with Crippen molar-refractivity contribution in [2.24, 2.45) is 5.92 Å². The molecule has 0 bridgehead atoms. The highest BCUT2D eigenvalue weighted by Gasteiger charge is 2.21.